The Morgan fingerprint density at radius 1 is 1.21 bits per heavy atom. The van der Waals surface area contributed by atoms with Gasteiger partial charge >= 0.3 is 11.8 Å². The van der Waals surface area contributed by atoms with E-state index < -0.39 is 35.6 Å². The van der Waals surface area contributed by atoms with Gasteiger partial charge < -0.3 is 25.6 Å². The molecule has 0 spiro atoms. The zero-order valence-electron chi connectivity index (χ0n) is 18.1. The zero-order chi connectivity index (χ0) is 23.5. The summed E-state index contributed by atoms with van der Waals surface area (Å²) in [5, 5.41) is 7.66. The third-order valence-corrected chi connectivity index (χ3v) is 6.93. The van der Waals surface area contributed by atoms with Crippen molar-refractivity contribution in [2.24, 2.45) is 17.8 Å². The van der Waals surface area contributed by atoms with Crippen LogP contribution in [0.25, 0.3) is 0 Å². The maximum Gasteiger partial charge on any atom is 0.314 e. The standard InChI is InChI=1S/C23H27FN4O5/c24-17-6-1-2-7-18(17)27-22(32)23(33)28-11-14-4-3-5-16(14)19(28)21(31)26-15(12-29)10-13-8-9-25-20(13)30/h1-2,6-7,12-16,19H,3-5,8-11H2,(H,25,30)(H,26,31)(H,27,32)/t13-,14?,15-,16-,19-/m0/s1. The van der Waals surface area contributed by atoms with Crippen molar-refractivity contribution in [2.75, 3.05) is 18.4 Å². The highest BCUT2D eigenvalue weighted by Gasteiger charge is 2.50. The monoisotopic (exact) mass is 458 g/mol. The number of amides is 4. The number of anilines is 1. The predicted molar refractivity (Wildman–Crippen MR) is 115 cm³/mol. The number of fused-ring (bicyclic) bond motifs is 1. The van der Waals surface area contributed by atoms with Gasteiger partial charge in [-0.2, -0.15) is 0 Å². The minimum atomic E-state index is -1.02. The molecule has 5 atom stereocenters. The molecular formula is C23H27FN4O5. The van der Waals surface area contributed by atoms with Gasteiger partial charge in [0.15, 0.2) is 0 Å². The number of rotatable bonds is 6. The average molecular weight is 458 g/mol. The second kappa shape index (κ2) is 9.68. The van der Waals surface area contributed by atoms with E-state index in [-0.39, 0.29) is 42.3 Å². The van der Waals surface area contributed by atoms with Gasteiger partial charge in [-0.25, -0.2) is 4.39 Å². The Hall–Kier alpha value is -3.30. The Balaban J connectivity index is 1.46. The molecule has 4 amide bonds. The lowest BCUT2D eigenvalue weighted by atomic mass is 9.92. The molecule has 2 saturated heterocycles. The summed E-state index contributed by atoms with van der Waals surface area (Å²) in [4.78, 5) is 63.5. The highest BCUT2D eigenvalue weighted by atomic mass is 19.1. The molecule has 33 heavy (non-hydrogen) atoms. The van der Waals surface area contributed by atoms with Crippen molar-refractivity contribution in [3.63, 3.8) is 0 Å². The first-order chi connectivity index (χ1) is 15.9. The summed E-state index contributed by atoms with van der Waals surface area (Å²) in [6.07, 6.45) is 3.87. The molecule has 2 aliphatic heterocycles. The van der Waals surface area contributed by atoms with E-state index in [4.69, 9.17) is 0 Å². The molecule has 0 bridgehead atoms. The number of carbonyl (C=O) groups is 5. The van der Waals surface area contributed by atoms with Gasteiger partial charge in [0.1, 0.15) is 18.1 Å². The van der Waals surface area contributed by atoms with Crippen LogP contribution in [0.1, 0.15) is 32.1 Å². The number of benzene rings is 1. The molecule has 9 nitrogen and oxygen atoms in total. The molecule has 3 aliphatic rings. The third-order valence-electron chi connectivity index (χ3n) is 6.93. The molecule has 2 heterocycles. The minimum Gasteiger partial charge on any atom is -0.356 e. The molecule has 1 unspecified atom stereocenters. The number of para-hydroxylation sites is 1. The number of aldehydes is 1. The summed E-state index contributed by atoms with van der Waals surface area (Å²) in [6, 6.07) is 3.75. The van der Waals surface area contributed by atoms with Crippen LogP contribution in [0, 0.1) is 23.6 Å². The average Bonchev–Trinajstić information content (AvgIpc) is 3.50. The fourth-order valence-corrected chi connectivity index (χ4v) is 5.31. The summed E-state index contributed by atoms with van der Waals surface area (Å²) < 4.78 is 13.9. The number of likely N-dealkylation sites (tertiary alicyclic amines) is 1. The van der Waals surface area contributed by atoms with E-state index >= 15 is 0 Å². The Labute approximate surface area is 190 Å². The first-order valence-corrected chi connectivity index (χ1v) is 11.3. The Morgan fingerprint density at radius 3 is 2.70 bits per heavy atom. The molecule has 1 saturated carbocycles. The molecule has 4 rings (SSSR count). The summed E-state index contributed by atoms with van der Waals surface area (Å²) >= 11 is 0. The smallest absolute Gasteiger partial charge is 0.314 e. The molecule has 176 valence electrons. The lowest BCUT2D eigenvalue weighted by Gasteiger charge is -2.28. The van der Waals surface area contributed by atoms with Crippen molar-refractivity contribution < 1.29 is 28.4 Å². The van der Waals surface area contributed by atoms with Crippen LogP contribution in [0.5, 0.6) is 0 Å². The van der Waals surface area contributed by atoms with Crippen molar-refractivity contribution in [2.45, 2.75) is 44.2 Å². The van der Waals surface area contributed by atoms with Crippen molar-refractivity contribution in [3.8, 4) is 0 Å². The van der Waals surface area contributed by atoms with Crippen LogP contribution in [0.4, 0.5) is 10.1 Å². The number of hydrogen-bond donors (Lipinski definition) is 3. The fraction of sp³-hybridized carbons (Fsp3) is 0.522. The van der Waals surface area contributed by atoms with Gasteiger partial charge in [0, 0.05) is 19.0 Å². The number of carbonyl (C=O) groups excluding carboxylic acids is 5. The molecule has 0 aromatic heterocycles. The molecule has 1 aliphatic carbocycles. The summed E-state index contributed by atoms with van der Waals surface area (Å²) in [7, 11) is 0. The first-order valence-electron chi connectivity index (χ1n) is 11.3. The van der Waals surface area contributed by atoms with E-state index in [9.17, 15) is 28.4 Å². The van der Waals surface area contributed by atoms with E-state index in [0.29, 0.717) is 19.3 Å². The lowest BCUT2D eigenvalue weighted by molar-refractivity contribution is -0.147. The number of halogens is 1. The largest absolute Gasteiger partial charge is 0.356 e. The van der Waals surface area contributed by atoms with Gasteiger partial charge in [-0.1, -0.05) is 18.6 Å². The van der Waals surface area contributed by atoms with E-state index in [0.717, 1.165) is 19.3 Å². The van der Waals surface area contributed by atoms with E-state index in [2.05, 4.69) is 16.0 Å². The molecular weight excluding hydrogens is 431 g/mol. The second-order valence-corrected chi connectivity index (χ2v) is 8.95. The van der Waals surface area contributed by atoms with Gasteiger partial charge in [0.05, 0.1) is 11.7 Å². The molecule has 0 radical (unpaired) electrons. The maximum atomic E-state index is 13.9. The Kier molecular flexibility index (Phi) is 6.71. The lowest BCUT2D eigenvalue weighted by Crippen LogP contribution is -2.53. The van der Waals surface area contributed by atoms with Crippen LogP contribution in [-0.2, 0) is 24.0 Å². The SMILES string of the molecule is O=C[C@H](C[C@@H]1CCNC1=O)NC(=O)[C@@H]1[C@H]2CCCC2CN1C(=O)C(=O)Nc1ccccc1F. The Bertz CT molecular complexity index is 970. The fourth-order valence-electron chi connectivity index (χ4n) is 5.31. The third kappa shape index (κ3) is 4.74. The maximum absolute atomic E-state index is 13.9. The topological polar surface area (TPSA) is 125 Å². The van der Waals surface area contributed by atoms with Crippen LogP contribution in [0.15, 0.2) is 24.3 Å². The minimum absolute atomic E-state index is 0.0845. The summed E-state index contributed by atoms with van der Waals surface area (Å²) in [5.74, 6) is -3.64. The van der Waals surface area contributed by atoms with Crippen molar-refractivity contribution >= 4 is 35.6 Å². The highest BCUT2D eigenvalue weighted by molar-refractivity contribution is 6.40. The van der Waals surface area contributed by atoms with Crippen molar-refractivity contribution in [1.82, 2.24) is 15.5 Å². The van der Waals surface area contributed by atoms with Crippen molar-refractivity contribution in [1.29, 1.82) is 0 Å². The van der Waals surface area contributed by atoms with Crippen LogP contribution in [-0.4, -0.2) is 60.0 Å². The zero-order valence-corrected chi connectivity index (χ0v) is 18.1. The van der Waals surface area contributed by atoms with Crippen LogP contribution in [0.3, 0.4) is 0 Å². The van der Waals surface area contributed by atoms with Gasteiger partial charge in [-0.3, -0.25) is 19.2 Å². The summed E-state index contributed by atoms with van der Waals surface area (Å²) in [6.45, 7) is 0.790. The first kappa shape index (κ1) is 22.9. The van der Waals surface area contributed by atoms with Crippen LogP contribution >= 0.6 is 0 Å². The molecule has 1 aromatic carbocycles. The predicted octanol–water partition coefficient (Wildman–Crippen LogP) is 0.601. The number of nitrogens with zero attached hydrogens (tertiary/aromatic N) is 1. The quantitative estimate of drug-likeness (QED) is 0.425. The van der Waals surface area contributed by atoms with Crippen molar-refractivity contribution in [3.05, 3.63) is 30.1 Å². The van der Waals surface area contributed by atoms with Gasteiger partial charge in [0.2, 0.25) is 11.8 Å². The summed E-state index contributed by atoms with van der Waals surface area (Å²) in [5.41, 5.74) is -0.118. The van der Waals surface area contributed by atoms with E-state index in [1.807, 2.05) is 0 Å². The molecule has 1 aromatic rings. The molecule has 3 N–H and O–H groups in total. The molecule has 3 fully saturated rings. The van der Waals surface area contributed by atoms with E-state index in [1.54, 1.807) is 0 Å². The number of nitrogens with one attached hydrogen (secondary N) is 3. The van der Waals surface area contributed by atoms with Crippen LogP contribution < -0.4 is 16.0 Å². The number of hydrogen-bond acceptors (Lipinski definition) is 5. The normalized spacial score (nSPS) is 26.9. The second-order valence-electron chi connectivity index (χ2n) is 8.95. The molecule has 10 heteroatoms. The van der Waals surface area contributed by atoms with Gasteiger partial charge in [-0.05, 0) is 49.7 Å². The Morgan fingerprint density at radius 2 is 2.00 bits per heavy atom. The van der Waals surface area contributed by atoms with Crippen LogP contribution in [0.2, 0.25) is 0 Å². The van der Waals surface area contributed by atoms with Gasteiger partial charge in [0.25, 0.3) is 0 Å². The van der Waals surface area contributed by atoms with Gasteiger partial charge in [-0.15, -0.1) is 0 Å². The highest BCUT2D eigenvalue weighted by Crippen LogP contribution is 2.42. The van der Waals surface area contributed by atoms with E-state index in [1.165, 1.54) is 29.2 Å².